The van der Waals surface area contributed by atoms with E-state index in [2.05, 4.69) is 31.8 Å². The van der Waals surface area contributed by atoms with Gasteiger partial charge in [0.15, 0.2) is 0 Å². The summed E-state index contributed by atoms with van der Waals surface area (Å²) in [5, 5.41) is 11.6. The van der Waals surface area contributed by atoms with Crippen molar-refractivity contribution in [1.29, 1.82) is 0 Å². The lowest BCUT2D eigenvalue weighted by Crippen LogP contribution is -2.15. The lowest BCUT2D eigenvalue weighted by molar-refractivity contribution is 0.305. The van der Waals surface area contributed by atoms with Crippen LogP contribution in [0.4, 0.5) is 5.95 Å². The third-order valence-electron chi connectivity index (χ3n) is 3.63. The van der Waals surface area contributed by atoms with E-state index < -0.39 is 0 Å². The van der Waals surface area contributed by atoms with E-state index in [9.17, 15) is 4.79 Å². The molecular formula is C19H19N5O2. The first-order valence-electron chi connectivity index (χ1n) is 8.12. The molecule has 0 aliphatic heterocycles. The van der Waals surface area contributed by atoms with Crippen molar-refractivity contribution < 1.29 is 4.74 Å². The highest BCUT2D eigenvalue weighted by molar-refractivity contribution is 5.83. The summed E-state index contributed by atoms with van der Waals surface area (Å²) in [5.74, 6) is 0.887. The van der Waals surface area contributed by atoms with Crippen molar-refractivity contribution in [3.05, 3.63) is 81.3 Å². The van der Waals surface area contributed by atoms with Gasteiger partial charge in [0.2, 0.25) is 5.95 Å². The zero-order chi connectivity index (χ0) is 18.4. The summed E-state index contributed by atoms with van der Waals surface area (Å²) in [5.41, 5.74) is 5.74. The van der Waals surface area contributed by atoms with Gasteiger partial charge in [-0.3, -0.25) is 9.78 Å². The highest BCUT2D eigenvalue weighted by Gasteiger charge is 2.02. The Labute approximate surface area is 150 Å². The molecule has 3 aromatic rings. The summed E-state index contributed by atoms with van der Waals surface area (Å²) in [4.78, 5) is 14.0. The molecule has 1 heterocycles. The molecule has 0 aliphatic rings. The van der Waals surface area contributed by atoms with Gasteiger partial charge < -0.3 is 4.74 Å². The number of hydrazone groups is 1. The Hall–Kier alpha value is -3.48. The molecular weight excluding hydrogens is 330 g/mol. The monoisotopic (exact) mass is 349 g/mol. The maximum absolute atomic E-state index is 11.5. The topological polar surface area (TPSA) is 92.3 Å². The van der Waals surface area contributed by atoms with Gasteiger partial charge in [-0.1, -0.05) is 42.0 Å². The largest absolute Gasteiger partial charge is 0.488 e. The number of nitrogens with one attached hydrogen (secondary N) is 2. The summed E-state index contributed by atoms with van der Waals surface area (Å²) in [6, 6.07) is 15.7. The normalized spacial score (nSPS) is 10.8. The van der Waals surface area contributed by atoms with Crippen LogP contribution in [0.5, 0.6) is 5.75 Å². The van der Waals surface area contributed by atoms with E-state index in [1.807, 2.05) is 49.4 Å². The van der Waals surface area contributed by atoms with Crippen molar-refractivity contribution in [2.75, 3.05) is 5.43 Å². The fraction of sp³-hybridized carbons (Fsp3) is 0.158. The van der Waals surface area contributed by atoms with Crippen molar-refractivity contribution in [3.8, 4) is 5.75 Å². The van der Waals surface area contributed by atoms with Gasteiger partial charge in [0.1, 0.15) is 18.1 Å². The first kappa shape index (κ1) is 17.3. The van der Waals surface area contributed by atoms with Gasteiger partial charge in [-0.2, -0.15) is 5.10 Å². The van der Waals surface area contributed by atoms with Crippen LogP contribution in [0.1, 0.15) is 22.4 Å². The molecule has 132 valence electrons. The van der Waals surface area contributed by atoms with Crippen molar-refractivity contribution in [1.82, 2.24) is 15.2 Å². The molecule has 26 heavy (non-hydrogen) atoms. The second kappa shape index (κ2) is 8.06. The van der Waals surface area contributed by atoms with Crippen LogP contribution in [0, 0.1) is 13.8 Å². The quantitative estimate of drug-likeness (QED) is 0.527. The Morgan fingerprint density at radius 1 is 1.15 bits per heavy atom. The standard InChI is InChI=1S/C19H19N5O2/c1-13-6-5-7-15(10-13)12-26-17-9-4-3-8-16(17)11-20-23-19-21-18(25)14(2)22-24-19/h3-11H,12H2,1-2H3,(H2,21,23,24,25)/b20-11+. The van der Waals surface area contributed by atoms with E-state index in [1.165, 1.54) is 5.56 Å². The first-order chi connectivity index (χ1) is 12.6. The third-order valence-corrected chi connectivity index (χ3v) is 3.63. The number of aryl methyl sites for hydroxylation is 2. The molecule has 0 bridgehead atoms. The number of aromatic amines is 1. The van der Waals surface area contributed by atoms with Gasteiger partial charge >= 0.3 is 0 Å². The minimum Gasteiger partial charge on any atom is -0.488 e. The fourth-order valence-electron chi connectivity index (χ4n) is 2.29. The van der Waals surface area contributed by atoms with Crippen molar-refractivity contribution in [2.45, 2.75) is 20.5 Å². The van der Waals surface area contributed by atoms with E-state index >= 15 is 0 Å². The van der Waals surface area contributed by atoms with Crippen molar-refractivity contribution in [3.63, 3.8) is 0 Å². The molecule has 3 rings (SSSR count). The number of ether oxygens (including phenoxy) is 1. The van der Waals surface area contributed by atoms with E-state index in [-0.39, 0.29) is 11.5 Å². The number of H-pyrrole nitrogens is 1. The predicted octanol–water partition coefficient (Wildman–Crippen LogP) is 2.81. The fourth-order valence-corrected chi connectivity index (χ4v) is 2.29. The zero-order valence-electron chi connectivity index (χ0n) is 14.6. The summed E-state index contributed by atoms with van der Waals surface area (Å²) >= 11 is 0. The van der Waals surface area contributed by atoms with Gasteiger partial charge in [0.05, 0.1) is 6.21 Å². The van der Waals surface area contributed by atoms with Gasteiger partial charge in [-0.15, -0.1) is 10.2 Å². The highest BCUT2D eigenvalue weighted by atomic mass is 16.5. The lowest BCUT2D eigenvalue weighted by Gasteiger charge is -2.09. The van der Waals surface area contributed by atoms with E-state index in [1.54, 1.807) is 13.1 Å². The Morgan fingerprint density at radius 3 is 2.81 bits per heavy atom. The van der Waals surface area contributed by atoms with Gasteiger partial charge in [-0.25, -0.2) is 5.43 Å². The molecule has 2 aromatic carbocycles. The summed E-state index contributed by atoms with van der Waals surface area (Å²) in [6.07, 6.45) is 1.60. The minimum atomic E-state index is -0.306. The maximum atomic E-state index is 11.5. The first-order valence-corrected chi connectivity index (χ1v) is 8.12. The second-order valence-electron chi connectivity index (χ2n) is 5.77. The van der Waals surface area contributed by atoms with Gasteiger partial charge in [-0.05, 0) is 31.5 Å². The molecule has 0 amide bonds. The third kappa shape index (κ3) is 4.54. The van der Waals surface area contributed by atoms with Crippen LogP contribution < -0.4 is 15.7 Å². The Bertz CT molecular complexity index is 981. The summed E-state index contributed by atoms with van der Waals surface area (Å²) in [6.45, 7) is 4.10. The SMILES string of the molecule is Cc1cccc(COc2ccccc2/C=N/Nc2nnc(C)c(=O)[nH]2)c1. The highest BCUT2D eigenvalue weighted by Crippen LogP contribution is 2.18. The summed E-state index contributed by atoms with van der Waals surface area (Å²) < 4.78 is 5.91. The molecule has 7 nitrogen and oxygen atoms in total. The van der Waals surface area contributed by atoms with Crippen LogP contribution in [0.25, 0.3) is 0 Å². The summed E-state index contributed by atoms with van der Waals surface area (Å²) in [7, 11) is 0. The minimum absolute atomic E-state index is 0.176. The van der Waals surface area contributed by atoms with Crippen molar-refractivity contribution in [2.24, 2.45) is 5.10 Å². The number of para-hydroxylation sites is 1. The second-order valence-corrected chi connectivity index (χ2v) is 5.77. The van der Waals surface area contributed by atoms with Crippen molar-refractivity contribution >= 4 is 12.2 Å². The van der Waals surface area contributed by atoms with Crippen LogP contribution in [0.15, 0.2) is 58.4 Å². The van der Waals surface area contributed by atoms with Crippen LogP contribution >= 0.6 is 0 Å². The van der Waals surface area contributed by atoms with Crippen LogP contribution in [0.3, 0.4) is 0 Å². The number of rotatable bonds is 6. The molecule has 1 aromatic heterocycles. The number of benzene rings is 2. The molecule has 0 radical (unpaired) electrons. The van der Waals surface area contributed by atoms with Crippen LogP contribution in [-0.2, 0) is 6.61 Å². The molecule has 0 saturated heterocycles. The average Bonchev–Trinajstić information content (AvgIpc) is 2.64. The van der Waals surface area contributed by atoms with Crippen LogP contribution in [-0.4, -0.2) is 21.4 Å². The number of aromatic nitrogens is 3. The van der Waals surface area contributed by atoms with E-state index in [0.717, 1.165) is 11.1 Å². The Morgan fingerprint density at radius 2 is 2.00 bits per heavy atom. The molecule has 0 saturated carbocycles. The van der Waals surface area contributed by atoms with Crippen LogP contribution in [0.2, 0.25) is 0 Å². The average molecular weight is 349 g/mol. The molecule has 0 fully saturated rings. The number of nitrogens with zero attached hydrogens (tertiary/aromatic N) is 3. The van der Waals surface area contributed by atoms with E-state index in [0.29, 0.717) is 18.1 Å². The molecule has 2 N–H and O–H groups in total. The molecule has 0 atom stereocenters. The number of anilines is 1. The predicted molar refractivity (Wildman–Crippen MR) is 101 cm³/mol. The number of hydrogen-bond acceptors (Lipinski definition) is 6. The maximum Gasteiger partial charge on any atom is 0.274 e. The Balaban J connectivity index is 1.68. The van der Waals surface area contributed by atoms with Gasteiger partial charge in [0.25, 0.3) is 5.56 Å². The van der Waals surface area contributed by atoms with E-state index in [4.69, 9.17) is 4.74 Å². The molecule has 0 unspecified atom stereocenters. The number of hydrogen-bond donors (Lipinski definition) is 2. The van der Waals surface area contributed by atoms with Gasteiger partial charge in [0, 0.05) is 5.56 Å². The molecule has 0 aliphatic carbocycles. The zero-order valence-corrected chi connectivity index (χ0v) is 14.6. The lowest BCUT2D eigenvalue weighted by atomic mass is 10.1. The Kier molecular flexibility index (Phi) is 5.38. The molecule has 0 spiro atoms. The smallest absolute Gasteiger partial charge is 0.274 e. The molecule has 7 heteroatoms.